The zero-order valence-electron chi connectivity index (χ0n) is 16.6. The number of methoxy groups -OCH3 is 1. The van der Waals surface area contributed by atoms with Crippen LogP contribution in [0.25, 0.3) is 0 Å². The smallest absolute Gasteiger partial charge is 0.243 e. The molecule has 8 heteroatoms. The summed E-state index contributed by atoms with van der Waals surface area (Å²) in [4.78, 5) is 2.49. The minimum absolute atomic E-state index is 0.192. The van der Waals surface area contributed by atoms with Gasteiger partial charge in [0, 0.05) is 26.2 Å². The van der Waals surface area contributed by atoms with Crippen LogP contribution in [0.4, 0.5) is 4.39 Å². The molecule has 0 N–H and O–H groups in total. The lowest BCUT2D eigenvalue weighted by atomic mass is 10.2. The summed E-state index contributed by atoms with van der Waals surface area (Å²) in [5.74, 6) is 0.256. The van der Waals surface area contributed by atoms with E-state index in [-0.39, 0.29) is 17.3 Å². The third kappa shape index (κ3) is 5.99. The molecule has 158 valence electrons. The molecule has 29 heavy (non-hydrogen) atoms. The minimum atomic E-state index is -3.70. The van der Waals surface area contributed by atoms with Crippen LogP contribution in [-0.2, 0) is 21.3 Å². The molecule has 0 spiro atoms. The Labute approximate surface area is 171 Å². The third-order valence-electron chi connectivity index (χ3n) is 4.95. The first-order chi connectivity index (χ1) is 14.0. The summed E-state index contributed by atoms with van der Waals surface area (Å²) < 4.78 is 51.7. The Morgan fingerprint density at radius 2 is 1.72 bits per heavy atom. The van der Waals surface area contributed by atoms with E-state index < -0.39 is 10.0 Å². The zero-order chi connectivity index (χ0) is 20.7. The largest absolute Gasteiger partial charge is 0.497 e. The van der Waals surface area contributed by atoms with E-state index in [4.69, 9.17) is 9.47 Å². The van der Waals surface area contributed by atoms with E-state index in [1.165, 1.54) is 23.5 Å². The van der Waals surface area contributed by atoms with Gasteiger partial charge in [0.2, 0.25) is 10.0 Å². The van der Waals surface area contributed by atoms with Crippen LogP contribution in [0, 0.1) is 5.82 Å². The molecular formula is C21H27FN2O4S. The van der Waals surface area contributed by atoms with Gasteiger partial charge in [-0.3, -0.25) is 4.90 Å². The number of benzene rings is 2. The maximum Gasteiger partial charge on any atom is 0.243 e. The summed E-state index contributed by atoms with van der Waals surface area (Å²) >= 11 is 0. The molecule has 1 saturated heterocycles. The van der Waals surface area contributed by atoms with E-state index in [2.05, 4.69) is 4.90 Å². The molecule has 0 radical (unpaired) electrons. The van der Waals surface area contributed by atoms with Crippen LogP contribution in [-0.4, -0.2) is 64.1 Å². The lowest BCUT2D eigenvalue weighted by Gasteiger charge is -2.28. The SMILES string of the molecule is COc1ccc(S(=O)(=O)N(CCCN2CCOCC2)Cc2ccc(F)cc2)cc1. The number of nitrogens with zero attached hydrogens (tertiary/aromatic N) is 2. The average Bonchev–Trinajstić information content (AvgIpc) is 2.75. The number of morpholine rings is 1. The van der Waals surface area contributed by atoms with Gasteiger partial charge in [0.15, 0.2) is 0 Å². The Balaban J connectivity index is 1.75. The van der Waals surface area contributed by atoms with Crippen LogP contribution in [0.1, 0.15) is 12.0 Å². The molecule has 6 nitrogen and oxygen atoms in total. The molecule has 0 bridgehead atoms. The summed E-state index contributed by atoms with van der Waals surface area (Å²) in [7, 11) is -2.16. The summed E-state index contributed by atoms with van der Waals surface area (Å²) in [5, 5.41) is 0. The number of hydrogen-bond acceptors (Lipinski definition) is 5. The van der Waals surface area contributed by atoms with Crippen LogP contribution in [0.5, 0.6) is 5.75 Å². The molecule has 0 atom stereocenters. The first-order valence-corrected chi connectivity index (χ1v) is 11.1. The number of rotatable bonds is 9. The lowest BCUT2D eigenvalue weighted by molar-refractivity contribution is 0.0368. The van der Waals surface area contributed by atoms with E-state index in [0.717, 1.165) is 25.2 Å². The number of halogens is 1. The van der Waals surface area contributed by atoms with E-state index >= 15 is 0 Å². The van der Waals surface area contributed by atoms with Crippen molar-refractivity contribution in [1.82, 2.24) is 9.21 Å². The van der Waals surface area contributed by atoms with Gasteiger partial charge >= 0.3 is 0 Å². The van der Waals surface area contributed by atoms with Crippen LogP contribution in [0.2, 0.25) is 0 Å². The molecule has 3 rings (SSSR count). The van der Waals surface area contributed by atoms with Crippen molar-refractivity contribution in [2.24, 2.45) is 0 Å². The fourth-order valence-electron chi connectivity index (χ4n) is 3.27. The maximum atomic E-state index is 13.3. The topological polar surface area (TPSA) is 59.1 Å². The minimum Gasteiger partial charge on any atom is -0.497 e. The molecule has 1 heterocycles. The van der Waals surface area contributed by atoms with Gasteiger partial charge in [-0.2, -0.15) is 4.31 Å². The molecule has 0 aliphatic carbocycles. The van der Waals surface area contributed by atoms with Gasteiger partial charge in [-0.15, -0.1) is 0 Å². The number of hydrogen-bond donors (Lipinski definition) is 0. The number of sulfonamides is 1. The van der Waals surface area contributed by atoms with Crippen molar-refractivity contribution in [1.29, 1.82) is 0 Å². The molecule has 1 fully saturated rings. The van der Waals surface area contributed by atoms with Crippen molar-refractivity contribution in [3.8, 4) is 5.75 Å². The van der Waals surface area contributed by atoms with Crippen molar-refractivity contribution in [3.05, 3.63) is 59.9 Å². The van der Waals surface area contributed by atoms with Crippen molar-refractivity contribution < 1.29 is 22.3 Å². The van der Waals surface area contributed by atoms with Crippen LogP contribution in [0.3, 0.4) is 0 Å². The molecular weight excluding hydrogens is 395 g/mol. The van der Waals surface area contributed by atoms with E-state index in [0.29, 0.717) is 31.9 Å². The maximum absolute atomic E-state index is 13.3. The predicted molar refractivity (Wildman–Crippen MR) is 109 cm³/mol. The molecule has 2 aromatic rings. The standard InChI is InChI=1S/C21H27FN2O4S/c1-27-20-7-9-21(10-8-20)29(25,26)24(17-18-3-5-19(22)6-4-18)12-2-11-23-13-15-28-16-14-23/h3-10H,2,11-17H2,1H3. The predicted octanol–water partition coefficient (Wildman–Crippen LogP) is 2.75. The molecule has 1 aliphatic heterocycles. The first-order valence-electron chi connectivity index (χ1n) is 9.68. The Morgan fingerprint density at radius 1 is 1.07 bits per heavy atom. The third-order valence-corrected chi connectivity index (χ3v) is 6.81. The quantitative estimate of drug-likeness (QED) is 0.622. The highest BCUT2D eigenvalue weighted by molar-refractivity contribution is 7.89. The lowest BCUT2D eigenvalue weighted by Crippen LogP contribution is -2.39. The second kappa shape index (κ2) is 10.2. The highest BCUT2D eigenvalue weighted by atomic mass is 32.2. The van der Waals surface area contributed by atoms with Gasteiger partial charge in [-0.1, -0.05) is 12.1 Å². The second-order valence-electron chi connectivity index (χ2n) is 6.95. The fourth-order valence-corrected chi connectivity index (χ4v) is 4.74. The highest BCUT2D eigenvalue weighted by Crippen LogP contribution is 2.22. The van der Waals surface area contributed by atoms with Crippen molar-refractivity contribution in [2.75, 3.05) is 46.5 Å². The van der Waals surface area contributed by atoms with Crippen LogP contribution >= 0.6 is 0 Å². The van der Waals surface area contributed by atoms with Gasteiger partial charge in [0.25, 0.3) is 0 Å². The summed E-state index contributed by atoms with van der Waals surface area (Å²) in [6.45, 7) is 4.53. The van der Waals surface area contributed by atoms with Crippen LogP contribution in [0.15, 0.2) is 53.4 Å². The molecule has 0 aromatic heterocycles. The summed E-state index contributed by atoms with van der Waals surface area (Å²) in [6.07, 6.45) is 0.705. The van der Waals surface area contributed by atoms with Crippen molar-refractivity contribution >= 4 is 10.0 Å². The Morgan fingerprint density at radius 3 is 2.34 bits per heavy atom. The zero-order valence-corrected chi connectivity index (χ0v) is 17.4. The summed E-state index contributed by atoms with van der Waals surface area (Å²) in [5.41, 5.74) is 0.745. The summed E-state index contributed by atoms with van der Waals surface area (Å²) in [6, 6.07) is 12.3. The van der Waals surface area contributed by atoms with E-state index in [1.54, 1.807) is 36.4 Å². The molecule has 2 aromatic carbocycles. The van der Waals surface area contributed by atoms with E-state index in [9.17, 15) is 12.8 Å². The molecule has 0 saturated carbocycles. The van der Waals surface area contributed by atoms with Gasteiger partial charge in [0.05, 0.1) is 25.2 Å². The molecule has 0 amide bonds. The fraction of sp³-hybridized carbons (Fsp3) is 0.429. The average molecular weight is 423 g/mol. The van der Waals surface area contributed by atoms with Gasteiger partial charge < -0.3 is 9.47 Å². The van der Waals surface area contributed by atoms with E-state index in [1.807, 2.05) is 0 Å². The molecule has 1 aliphatic rings. The second-order valence-corrected chi connectivity index (χ2v) is 8.89. The number of ether oxygens (including phenoxy) is 2. The van der Waals surface area contributed by atoms with Gasteiger partial charge in [0.1, 0.15) is 11.6 Å². The van der Waals surface area contributed by atoms with Crippen LogP contribution < -0.4 is 4.74 Å². The Bertz CT molecular complexity index is 867. The normalized spacial score (nSPS) is 15.6. The Hall–Kier alpha value is -2.00. The highest BCUT2D eigenvalue weighted by Gasteiger charge is 2.25. The molecule has 0 unspecified atom stereocenters. The Kier molecular flexibility index (Phi) is 7.60. The van der Waals surface area contributed by atoms with Crippen molar-refractivity contribution in [2.45, 2.75) is 17.9 Å². The van der Waals surface area contributed by atoms with Crippen molar-refractivity contribution in [3.63, 3.8) is 0 Å². The van der Waals surface area contributed by atoms with Gasteiger partial charge in [-0.25, -0.2) is 12.8 Å². The monoisotopic (exact) mass is 422 g/mol. The van der Waals surface area contributed by atoms with Gasteiger partial charge in [-0.05, 0) is 54.9 Å². The first kappa shape index (κ1) is 21.7.